The number of nitrogens with zero attached hydrogens (tertiary/aromatic N) is 2. The minimum Gasteiger partial charge on any atom is -0.309 e. The lowest BCUT2D eigenvalue weighted by atomic mass is 9.98. The van der Waals surface area contributed by atoms with Gasteiger partial charge in [-0.1, -0.05) is 39.7 Å². The minimum atomic E-state index is 0.506. The van der Waals surface area contributed by atoms with Gasteiger partial charge in [-0.05, 0) is 37.9 Å². The Morgan fingerprint density at radius 1 is 1.29 bits per heavy atom. The van der Waals surface area contributed by atoms with Crippen LogP contribution in [0.5, 0.6) is 0 Å². The second-order valence-corrected chi connectivity index (χ2v) is 6.56. The Balaban J connectivity index is 1.95. The van der Waals surface area contributed by atoms with Crippen LogP contribution < -0.4 is 5.32 Å². The summed E-state index contributed by atoms with van der Waals surface area (Å²) in [5, 5.41) is 3.45. The fourth-order valence-corrected chi connectivity index (χ4v) is 3.16. The highest BCUT2D eigenvalue weighted by Gasteiger charge is 2.21. The van der Waals surface area contributed by atoms with E-state index in [0.717, 1.165) is 24.8 Å². The molecule has 0 aliphatic carbocycles. The van der Waals surface area contributed by atoms with Gasteiger partial charge in [-0.2, -0.15) is 0 Å². The van der Waals surface area contributed by atoms with Crippen molar-refractivity contribution in [1.82, 2.24) is 15.2 Å². The Hall–Kier alpha value is -0.930. The third kappa shape index (κ3) is 5.40. The van der Waals surface area contributed by atoms with E-state index in [1.807, 2.05) is 0 Å². The molecule has 2 heterocycles. The van der Waals surface area contributed by atoms with Crippen LogP contribution in [0.4, 0.5) is 0 Å². The first-order valence-corrected chi connectivity index (χ1v) is 8.61. The van der Waals surface area contributed by atoms with E-state index in [9.17, 15) is 0 Å². The van der Waals surface area contributed by atoms with Crippen molar-refractivity contribution >= 4 is 0 Å². The molecule has 1 aliphatic rings. The molecule has 2 rings (SSSR count). The molecule has 1 unspecified atom stereocenters. The van der Waals surface area contributed by atoms with Crippen LogP contribution in [0.2, 0.25) is 0 Å². The molecule has 1 aromatic heterocycles. The molecule has 0 amide bonds. The van der Waals surface area contributed by atoms with E-state index in [4.69, 9.17) is 4.98 Å². The van der Waals surface area contributed by atoms with Gasteiger partial charge in [0.15, 0.2) is 0 Å². The van der Waals surface area contributed by atoms with E-state index in [-0.39, 0.29) is 0 Å². The predicted molar refractivity (Wildman–Crippen MR) is 89.2 cm³/mol. The third-order valence-electron chi connectivity index (χ3n) is 4.29. The van der Waals surface area contributed by atoms with E-state index in [1.54, 1.807) is 0 Å². The van der Waals surface area contributed by atoms with Gasteiger partial charge in [0.05, 0.1) is 11.4 Å². The topological polar surface area (TPSA) is 28.2 Å². The molecule has 0 bridgehead atoms. The molecule has 1 atom stereocenters. The monoisotopic (exact) mass is 289 g/mol. The molecule has 1 N–H and O–H groups in total. The number of aromatic nitrogens is 1. The summed E-state index contributed by atoms with van der Waals surface area (Å²) in [6.07, 6.45) is 6.71. The van der Waals surface area contributed by atoms with Crippen LogP contribution in [0, 0.1) is 0 Å². The zero-order valence-electron chi connectivity index (χ0n) is 13.9. The van der Waals surface area contributed by atoms with Crippen LogP contribution in [0.25, 0.3) is 0 Å². The summed E-state index contributed by atoms with van der Waals surface area (Å²) in [6, 6.07) is 7.72. The Kier molecular flexibility index (Phi) is 6.65. The van der Waals surface area contributed by atoms with Crippen molar-refractivity contribution < 1.29 is 0 Å². The summed E-state index contributed by atoms with van der Waals surface area (Å²) in [5.74, 6) is 0. The summed E-state index contributed by atoms with van der Waals surface area (Å²) in [4.78, 5) is 7.48. The van der Waals surface area contributed by atoms with Gasteiger partial charge < -0.3 is 5.32 Å². The minimum absolute atomic E-state index is 0.506. The first-order chi connectivity index (χ1) is 10.2. The van der Waals surface area contributed by atoms with E-state index >= 15 is 0 Å². The van der Waals surface area contributed by atoms with E-state index in [1.165, 1.54) is 44.3 Å². The van der Waals surface area contributed by atoms with Crippen molar-refractivity contribution in [2.75, 3.05) is 6.54 Å². The van der Waals surface area contributed by atoms with Crippen molar-refractivity contribution in [3.63, 3.8) is 0 Å². The molecule has 1 aromatic rings. The highest BCUT2D eigenvalue weighted by molar-refractivity contribution is 5.11. The van der Waals surface area contributed by atoms with E-state index in [2.05, 4.69) is 49.2 Å². The van der Waals surface area contributed by atoms with Gasteiger partial charge >= 0.3 is 0 Å². The smallest absolute Gasteiger partial charge is 0.0547 e. The number of nitrogens with one attached hydrogen (secondary N) is 1. The van der Waals surface area contributed by atoms with Crippen molar-refractivity contribution in [2.45, 2.75) is 78.0 Å². The first kappa shape index (κ1) is 16.4. The zero-order valence-corrected chi connectivity index (χ0v) is 13.9. The Morgan fingerprint density at radius 3 is 2.86 bits per heavy atom. The van der Waals surface area contributed by atoms with Crippen LogP contribution in [0.3, 0.4) is 0 Å². The first-order valence-electron chi connectivity index (χ1n) is 8.61. The maximum Gasteiger partial charge on any atom is 0.0547 e. The quantitative estimate of drug-likeness (QED) is 0.829. The maximum absolute atomic E-state index is 4.83. The van der Waals surface area contributed by atoms with Gasteiger partial charge in [-0.3, -0.25) is 9.88 Å². The number of hydrogen-bond acceptors (Lipinski definition) is 3. The second kappa shape index (κ2) is 8.50. The fourth-order valence-electron chi connectivity index (χ4n) is 3.16. The largest absolute Gasteiger partial charge is 0.309 e. The van der Waals surface area contributed by atoms with Crippen LogP contribution in [-0.4, -0.2) is 28.5 Å². The van der Waals surface area contributed by atoms with Gasteiger partial charge in [-0.25, -0.2) is 0 Å². The molecular weight excluding hydrogens is 258 g/mol. The normalized spacial score (nSPS) is 20.1. The third-order valence-corrected chi connectivity index (χ3v) is 4.29. The molecule has 1 fully saturated rings. The molecule has 3 nitrogen and oxygen atoms in total. The summed E-state index contributed by atoms with van der Waals surface area (Å²) in [6.45, 7) is 9.76. The van der Waals surface area contributed by atoms with Gasteiger partial charge in [0.1, 0.15) is 0 Å². The molecule has 3 heteroatoms. The van der Waals surface area contributed by atoms with Crippen LogP contribution >= 0.6 is 0 Å². The highest BCUT2D eigenvalue weighted by atomic mass is 15.2. The standard InChI is InChI=1S/C18H31N3/c1-4-8-18-11-5-6-12-21(18)14-17-10-7-9-16(20-17)13-19-15(2)3/h7,9-10,15,18-19H,4-6,8,11-14H2,1-3H3. The molecular formula is C18H31N3. The average Bonchev–Trinajstić information content (AvgIpc) is 2.48. The average molecular weight is 289 g/mol. The molecule has 21 heavy (non-hydrogen) atoms. The zero-order chi connectivity index (χ0) is 15.1. The van der Waals surface area contributed by atoms with Crippen LogP contribution in [0.15, 0.2) is 18.2 Å². The lowest BCUT2D eigenvalue weighted by Gasteiger charge is -2.35. The number of hydrogen-bond donors (Lipinski definition) is 1. The number of piperidine rings is 1. The van der Waals surface area contributed by atoms with E-state index < -0.39 is 0 Å². The summed E-state index contributed by atoms with van der Waals surface area (Å²) >= 11 is 0. The van der Waals surface area contributed by atoms with E-state index in [0.29, 0.717) is 6.04 Å². The SMILES string of the molecule is CCCC1CCCCN1Cc1cccc(CNC(C)C)n1. The number of rotatable bonds is 7. The van der Waals surface area contributed by atoms with Crippen molar-refractivity contribution in [2.24, 2.45) is 0 Å². The summed E-state index contributed by atoms with van der Waals surface area (Å²) in [7, 11) is 0. The highest BCUT2D eigenvalue weighted by Crippen LogP contribution is 2.22. The molecule has 0 spiro atoms. The lowest BCUT2D eigenvalue weighted by molar-refractivity contribution is 0.130. The molecule has 0 saturated carbocycles. The van der Waals surface area contributed by atoms with Gasteiger partial charge in [0, 0.05) is 25.2 Å². The molecule has 0 aromatic carbocycles. The second-order valence-electron chi connectivity index (χ2n) is 6.56. The number of likely N-dealkylation sites (tertiary alicyclic amines) is 1. The number of pyridine rings is 1. The summed E-state index contributed by atoms with van der Waals surface area (Å²) < 4.78 is 0. The molecule has 1 saturated heterocycles. The Labute approximate surface area is 130 Å². The Morgan fingerprint density at radius 2 is 2.10 bits per heavy atom. The van der Waals surface area contributed by atoms with Gasteiger partial charge in [-0.15, -0.1) is 0 Å². The van der Waals surface area contributed by atoms with Crippen molar-refractivity contribution in [3.05, 3.63) is 29.6 Å². The van der Waals surface area contributed by atoms with Gasteiger partial charge in [0.2, 0.25) is 0 Å². The van der Waals surface area contributed by atoms with Crippen molar-refractivity contribution in [3.8, 4) is 0 Å². The molecule has 0 radical (unpaired) electrons. The fraction of sp³-hybridized carbons (Fsp3) is 0.722. The van der Waals surface area contributed by atoms with Crippen LogP contribution in [-0.2, 0) is 13.1 Å². The van der Waals surface area contributed by atoms with Gasteiger partial charge in [0.25, 0.3) is 0 Å². The molecule has 1 aliphatic heterocycles. The predicted octanol–water partition coefficient (Wildman–Crippen LogP) is 3.73. The lowest BCUT2D eigenvalue weighted by Crippen LogP contribution is -2.39. The maximum atomic E-state index is 4.83. The van der Waals surface area contributed by atoms with Crippen molar-refractivity contribution in [1.29, 1.82) is 0 Å². The Bertz CT molecular complexity index is 415. The summed E-state index contributed by atoms with van der Waals surface area (Å²) in [5.41, 5.74) is 2.38. The van der Waals surface area contributed by atoms with Crippen LogP contribution in [0.1, 0.15) is 64.3 Å². The molecule has 118 valence electrons.